The zero-order valence-electron chi connectivity index (χ0n) is 13.7. The maximum absolute atomic E-state index is 12.2. The number of rotatable bonds is 9. The van der Waals surface area contributed by atoms with Gasteiger partial charge in [-0.15, -0.1) is 0 Å². The summed E-state index contributed by atoms with van der Waals surface area (Å²) >= 11 is 0. The van der Waals surface area contributed by atoms with Crippen LogP contribution in [0.25, 0.3) is 0 Å². The van der Waals surface area contributed by atoms with Gasteiger partial charge in [-0.25, -0.2) is 18.6 Å². The van der Waals surface area contributed by atoms with Crippen LogP contribution in [0.15, 0.2) is 48.8 Å². The molecule has 0 spiro atoms. The van der Waals surface area contributed by atoms with Crippen molar-refractivity contribution in [2.45, 2.75) is 6.54 Å². The van der Waals surface area contributed by atoms with Crippen molar-refractivity contribution >= 4 is 21.6 Å². The van der Waals surface area contributed by atoms with E-state index >= 15 is 0 Å². The molecule has 2 rings (SSSR count). The summed E-state index contributed by atoms with van der Waals surface area (Å²) in [4.78, 5) is 21.2. The molecule has 25 heavy (non-hydrogen) atoms. The second kappa shape index (κ2) is 9.11. The number of anilines is 1. The van der Waals surface area contributed by atoms with Crippen LogP contribution in [-0.4, -0.2) is 38.7 Å². The molecule has 1 heterocycles. The Morgan fingerprint density at radius 1 is 1.16 bits per heavy atom. The summed E-state index contributed by atoms with van der Waals surface area (Å²) in [6.07, 6.45) is 4.46. The van der Waals surface area contributed by atoms with E-state index in [-0.39, 0.29) is 13.2 Å². The van der Waals surface area contributed by atoms with Crippen molar-refractivity contribution in [3.8, 4) is 0 Å². The molecule has 9 heteroatoms. The van der Waals surface area contributed by atoms with Crippen molar-refractivity contribution in [2.24, 2.45) is 0 Å². The Balaban J connectivity index is 1.87. The molecule has 1 aromatic carbocycles. The molecule has 0 saturated heterocycles. The van der Waals surface area contributed by atoms with E-state index in [1.54, 1.807) is 30.6 Å². The summed E-state index contributed by atoms with van der Waals surface area (Å²) < 4.78 is 24.1. The zero-order valence-corrected chi connectivity index (χ0v) is 14.5. The molecular formula is C16H20N4O4S. The van der Waals surface area contributed by atoms with Crippen molar-refractivity contribution in [2.75, 3.05) is 24.7 Å². The molecule has 3 N–H and O–H groups in total. The highest BCUT2D eigenvalue weighted by Gasteiger charge is 2.11. The monoisotopic (exact) mass is 364 g/mol. The number of amides is 1. The first kappa shape index (κ1) is 18.8. The van der Waals surface area contributed by atoms with Gasteiger partial charge in [-0.3, -0.25) is 14.6 Å². The Bertz CT molecular complexity index is 797. The molecule has 134 valence electrons. The molecule has 0 atom stereocenters. The number of nitrogens with one attached hydrogen (secondary N) is 3. The minimum absolute atomic E-state index is 0.0193. The number of hydroxylamine groups is 1. The highest BCUT2D eigenvalue weighted by atomic mass is 32.2. The van der Waals surface area contributed by atoms with Crippen molar-refractivity contribution in [1.82, 2.24) is 15.2 Å². The molecule has 2 aromatic rings. The predicted octanol–water partition coefficient (Wildman–Crippen LogP) is 0.904. The maximum atomic E-state index is 12.2. The van der Waals surface area contributed by atoms with Crippen LogP contribution in [0.5, 0.6) is 0 Å². The molecular weight excluding hydrogens is 344 g/mol. The van der Waals surface area contributed by atoms with Gasteiger partial charge in [0.1, 0.15) is 0 Å². The number of benzene rings is 1. The first-order valence-electron chi connectivity index (χ1n) is 7.54. The third kappa shape index (κ3) is 6.87. The Labute approximate surface area is 146 Å². The van der Waals surface area contributed by atoms with E-state index in [0.29, 0.717) is 17.8 Å². The van der Waals surface area contributed by atoms with E-state index in [4.69, 9.17) is 4.84 Å². The van der Waals surface area contributed by atoms with Crippen LogP contribution in [0.3, 0.4) is 0 Å². The number of carbonyl (C=O) groups excluding carboxylic acids is 1. The highest BCUT2D eigenvalue weighted by Crippen LogP contribution is 2.16. The van der Waals surface area contributed by atoms with Crippen LogP contribution in [0, 0.1) is 0 Å². The molecule has 0 unspecified atom stereocenters. The van der Waals surface area contributed by atoms with Crippen LogP contribution in [0.4, 0.5) is 5.69 Å². The van der Waals surface area contributed by atoms with E-state index < -0.39 is 15.9 Å². The number of sulfonamides is 1. The molecule has 0 aliphatic carbocycles. The van der Waals surface area contributed by atoms with Gasteiger partial charge in [0, 0.05) is 31.2 Å². The van der Waals surface area contributed by atoms with E-state index in [1.165, 1.54) is 0 Å². The summed E-state index contributed by atoms with van der Waals surface area (Å²) in [5.41, 5.74) is 4.42. The van der Waals surface area contributed by atoms with Gasteiger partial charge in [0.15, 0.2) is 0 Å². The molecule has 0 radical (unpaired) electrons. The fourth-order valence-corrected chi connectivity index (χ4v) is 2.44. The second-order valence-electron chi connectivity index (χ2n) is 5.20. The molecule has 0 bridgehead atoms. The predicted molar refractivity (Wildman–Crippen MR) is 94.3 cm³/mol. The number of aromatic nitrogens is 1. The third-order valence-electron chi connectivity index (χ3n) is 3.14. The largest absolute Gasteiger partial charge is 0.380 e. The van der Waals surface area contributed by atoms with Crippen molar-refractivity contribution in [3.05, 3.63) is 59.9 Å². The molecule has 1 amide bonds. The second-order valence-corrected chi connectivity index (χ2v) is 7.03. The third-order valence-corrected chi connectivity index (χ3v) is 3.87. The number of para-hydroxylation sites is 1. The number of hydrogen-bond donors (Lipinski definition) is 3. The zero-order chi connectivity index (χ0) is 18.1. The first-order valence-corrected chi connectivity index (χ1v) is 9.43. The van der Waals surface area contributed by atoms with Crippen molar-refractivity contribution < 1.29 is 18.0 Å². The molecule has 8 nitrogen and oxygen atoms in total. The molecule has 0 saturated carbocycles. The van der Waals surface area contributed by atoms with Gasteiger partial charge in [-0.2, -0.15) is 0 Å². The van der Waals surface area contributed by atoms with Crippen LogP contribution in [0.2, 0.25) is 0 Å². The summed E-state index contributed by atoms with van der Waals surface area (Å²) in [6, 6.07) is 10.8. The SMILES string of the molecule is CS(=O)(=O)NCCONC(=O)c1ccccc1NCc1ccncc1. The lowest BCUT2D eigenvalue weighted by atomic mass is 10.1. The summed E-state index contributed by atoms with van der Waals surface area (Å²) in [5, 5.41) is 3.20. The minimum Gasteiger partial charge on any atom is -0.380 e. The van der Waals surface area contributed by atoms with Gasteiger partial charge in [0.25, 0.3) is 5.91 Å². The summed E-state index contributed by atoms with van der Waals surface area (Å²) in [7, 11) is -3.27. The van der Waals surface area contributed by atoms with Gasteiger partial charge in [-0.1, -0.05) is 12.1 Å². The summed E-state index contributed by atoms with van der Waals surface area (Å²) in [5.74, 6) is -0.419. The molecule has 0 fully saturated rings. The van der Waals surface area contributed by atoms with Crippen LogP contribution >= 0.6 is 0 Å². The van der Waals surface area contributed by atoms with Gasteiger partial charge in [0.05, 0.1) is 18.4 Å². The standard InChI is InChI=1S/C16H20N4O4S/c1-25(22,23)19-10-11-24-20-16(21)14-4-2-3-5-15(14)18-12-13-6-8-17-9-7-13/h2-9,18-19H,10-12H2,1H3,(H,20,21). The Hall–Kier alpha value is -2.49. The van der Waals surface area contributed by atoms with E-state index in [2.05, 4.69) is 20.5 Å². The van der Waals surface area contributed by atoms with Crippen LogP contribution in [-0.2, 0) is 21.4 Å². The minimum atomic E-state index is -3.27. The van der Waals surface area contributed by atoms with E-state index in [0.717, 1.165) is 11.8 Å². The molecule has 0 aliphatic rings. The summed E-state index contributed by atoms with van der Waals surface area (Å²) in [6.45, 7) is 0.637. The average Bonchev–Trinajstić information content (AvgIpc) is 2.59. The normalized spacial score (nSPS) is 11.1. The van der Waals surface area contributed by atoms with Crippen molar-refractivity contribution in [1.29, 1.82) is 0 Å². The number of nitrogens with zero attached hydrogens (tertiary/aromatic N) is 1. The number of pyridine rings is 1. The Morgan fingerprint density at radius 3 is 2.60 bits per heavy atom. The van der Waals surface area contributed by atoms with Crippen molar-refractivity contribution in [3.63, 3.8) is 0 Å². The number of carbonyl (C=O) groups is 1. The van der Waals surface area contributed by atoms with E-state index in [1.807, 2.05) is 18.2 Å². The van der Waals surface area contributed by atoms with E-state index in [9.17, 15) is 13.2 Å². The van der Waals surface area contributed by atoms with Gasteiger partial charge in [-0.05, 0) is 29.8 Å². The smallest absolute Gasteiger partial charge is 0.276 e. The highest BCUT2D eigenvalue weighted by molar-refractivity contribution is 7.88. The Kier molecular flexibility index (Phi) is 6.87. The lowest BCUT2D eigenvalue weighted by Gasteiger charge is -2.12. The topological polar surface area (TPSA) is 109 Å². The maximum Gasteiger partial charge on any atom is 0.276 e. The average molecular weight is 364 g/mol. The lowest BCUT2D eigenvalue weighted by molar-refractivity contribution is 0.0337. The van der Waals surface area contributed by atoms with Crippen LogP contribution < -0.4 is 15.5 Å². The quantitative estimate of drug-likeness (QED) is 0.451. The fraction of sp³-hybridized carbons (Fsp3) is 0.250. The molecule has 0 aliphatic heterocycles. The van der Waals surface area contributed by atoms with Gasteiger partial charge < -0.3 is 5.32 Å². The fourth-order valence-electron chi connectivity index (χ4n) is 1.98. The van der Waals surface area contributed by atoms with Crippen LogP contribution in [0.1, 0.15) is 15.9 Å². The van der Waals surface area contributed by atoms with Gasteiger partial charge >= 0.3 is 0 Å². The number of hydrogen-bond acceptors (Lipinski definition) is 6. The Morgan fingerprint density at radius 2 is 1.88 bits per heavy atom. The molecule has 1 aromatic heterocycles. The first-order chi connectivity index (χ1) is 12.0. The lowest BCUT2D eigenvalue weighted by Crippen LogP contribution is -2.31. The van der Waals surface area contributed by atoms with Gasteiger partial charge in [0.2, 0.25) is 10.0 Å².